The van der Waals surface area contributed by atoms with Gasteiger partial charge in [-0.3, -0.25) is 9.48 Å². The first kappa shape index (κ1) is 16.4. The zero-order valence-corrected chi connectivity index (χ0v) is 12.5. The first-order chi connectivity index (χ1) is 9.29. The predicted molar refractivity (Wildman–Crippen MR) is 72.4 cm³/mol. The number of methoxy groups -OCH3 is 1. The van der Waals surface area contributed by atoms with Crippen molar-refractivity contribution in [1.82, 2.24) is 19.8 Å². The van der Waals surface area contributed by atoms with E-state index in [1.54, 1.807) is 14.0 Å². The first-order valence-corrected chi connectivity index (χ1v) is 7.32. The van der Waals surface area contributed by atoms with Gasteiger partial charge in [0.15, 0.2) is 5.82 Å². The van der Waals surface area contributed by atoms with Crippen LogP contribution in [0.1, 0.15) is 5.69 Å². The van der Waals surface area contributed by atoms with E-state index in [1.807, 2.05) is 0 Å². The number of hydrogen-bond acceptors (Lipinski definition) is 6. The molecule has 1 heterocycles. The van der Waals surface area contributed by atoms with Crippen LogP contribution in [0.3, 0.4) is 0 Å². The molecular weight excluding hydrogens is 286 g/mol. The van der Waals surface area contributed by atoms with Crippen molar-refractivity contribution in [2.75, 3.05) is 32.5 Å². The molecule has 1 aromatic heterocycles. The summed E-state index contributed by atoms with van der Waals surface area (Å²) in [6.45, 7) is 1.87. The van der Waals surface area contributed by atoms with Crippen LogP contribution in [0.15, 0.2) is 4.90 Å². The molecular formula is C10H19N5O4S. The number of nitrogens with two attached hydrogens (primary N) is 1. The van der Waals surface area contributed by atoms with E-state index in [-0.39, 0.29) is 17.3 Å². The number of hydrogen-bond donors (Lipinski definition) is 3. The normalized spacial score (nSPS) is 11.6. The number of nitrogen functional groups attached to an aromatic ring is 1. The quantitative estimate of drug-likeness (QED) is 0.518. The second kappa shape index (κ2) is 6.68. The van der Waals surface area contributed by atoms with E-state index in [0.29, 0.717) is 18.8 Å². The summed E-state index contributed by atoms with van der Waals surface area (Å²) in [5, 5.41) is 6.32. The molecule has 0 saturated carbocycles. The molecule has 1 aromatic rings. The lowest BCUT2D eigenvalue weighted by molar-refractivity contribution is -0.120. The Kier molecular flexibility index (Phi) is 5.48. The molecule has 20 heavy (non-hydrogen) atoms. The van der Waals surface area contributed by atoms with Crippen molar-refractivity contribution in [3.8, 4) is 0 Å². The van der Waals surface area contributed by atoms with Crippen molar-refractivity contribution in [3.63, 3.8) is 0 Å². The fourth-order valence-electron chi connectivity index (χ4n) is 1.53. The third-order valence-corrected chi connectivity index (χ3v) is 4.19. The molecule has 0 aliphatic heterocycles. The summed E-state index contributed by atoms with van der Waals surface area (Å²) in [7, 11) is -0.789. The van der Waals surface area contributed by atoms with E-state index in [4.69, 9.17) is 10.5 Å². The van der Waals surface area contributed by atoms with Gasteiger partial charge in [0.1, 0.15) is 4.90 Å². The minimum Gasteiger partial charge on any atom is -0.383 e. The van der Waals surface area contributed by atoms with Crippen LogP contribution in [0.4, 0.5) is 5.82 Å². The molecule has 1 rings (SSSR count). The van der Waals surface area contributed by atoms with E-state index >= 15 is 0 Å². The van der Waals surface area contributed by atoms with Crippen LogP contribution in [-0.2, 0) is 26.6 Å². The van der Waals surface area contributed by atoms with Gasteiger partial charge >= 0.3 is 0 Å². The smallest absolute Gasteiger partial charge is 0.246 e. The second-order valence-electron chi connectivity index (χ2n) is 4.09. The summed E-state index contributed by atoms with van der Waals surface area (Å²) in [6.07, 6.45) is 0. The summed E-state index contributed by atoms with van der Waals surface area (Å²) in [5.74, 6) is -0.553. The van der Waals surface area contributed by atoms with Crippen LogP contribution in [0, 0.1) is 6.92 Å². The Hall–Kier alpha value is -1.65. The number of amides is 1. The van der Waals surface area contributed by atoms with Crippen molar-refractivity contribution >= 4 is 21.7 Å². The van der Waals surface area contributed by atoms with Crippen LogP contribution in [0.25, 0.3) is 0 Å². The summed E-state index contributed by atoms with van der Waals surface area (Å²) < 4.78 is 32.5. The lowest BCUT2D eigenvalue weighted by Crippen LogP contribution is -2.38. The fraction of sp³-hybridized carbons (Fsp3) is 0.600. The average Bonchev–Trinajstić information content (AvgIpc) is 2.62. The Morgan fingerprint density at radius 3 is 2.65 bits per heavy atom. The molecule has 0 radical (unpaired) electrons. The highest BCUT2D eigenvalue weighted by atomic mass is 32.2. The van der Waals surface area contributed by atoms with Gasteiger partial charge in [0.2, 0.25) is 15.9 Å². The zero-order chi connectivity index (χ0) is 15.3. The molecule has 0 aliphatic carbocycles. The molecule has 1 amide bonds. The Morgan fingerprint density at radius 2 is 2.15 bits per heavy atom. The van der Waals surface area contributed by atoms with Gasteiger partial charge in [-0.25, -0.2) is 13.1 Å². The standard InChI is InChI=1S/C10H19N5O4S/c1-7-9(10(11)14-15(7)2)20(17,18)13-6-8(16)12-4-5-19-3/h13H,4-6H2,1-3H3,(H2,11,14)(H,12,16). The zero-order valence-electron chi connectivity index (χ0n) is 11.6. The molecule has 0 aliphatic rings. The van der Waals surface area contributed by atoms with E-state index in [1.165, 1.54) is 11.8 Å². The van der Waals surface area contributed by atoms with Gasteiger partial charge < -0.3 is 15.8 Å². The molecule has 0 saturated heterocycles. The Balaban J connectivity index is 2.69. The van der Waals surface area contributed by atoms with Crippen molar-refractivity contribution in [3.05, 3.63) is 5.69 Å². The SMILES string of the molecule is COCCNC(=O)CNS(=O)(=O)c1c(N)nn(C)c1C. The monoisotopic (exact) mass is 305 g/mol. The van der Waals surface area contributed by atoms with Crippen molar-refractivity contribution in [2.45, 2.75) is 11.8 Å². The highest BCUT2D eigenvalue weighted by Gasteiger charge is 2.24. The van der Waals surface area contributed by atoms with Gasteiger partial charge in [0, 0.05) is 20.7 Å². The van der Waals surface area contributed by atoms with Crippen molar-refractivity contribution < 1.29 is 17.9 Å². The van der Waals surface area contributed by atoms with E-state index in [9.17, 15) is 13.2 Å². The fourth-order valence-corrected chi connectivity index (χ4v) is 2.84. The number of nitrogens with zero attached hydrogens (tertiary/aromatic N) is 2. The number of nitrogens with one attached hydrogen (secondary N) is 2. The number of ether oxygens (including phenoxy) is 1. The van der Waals surface area contributed by atoms with Gasteiger partial charge in [-0.2, -0.15) is 5.10 Å². The molecule has 0 bridgehead atoms. The third kappa shape index (κ3) is 3.92. The lowest BCUT2D eigenvalue weighted by atomic mass is 10.5. The highest BCUT2D eigenvalue weighted by Crippen LogP contribution is 2.20. The van der Waals surface area contributed by atoms with Crippen LogP contribution in [0.2, 0.25) is 0 Å². The number of carbonyl (C=O) groups excluding carboxylic acids is 1. The topological polar surface area (TPSA) is 128 Å². The Morgan fingerprint density at radius 1 is 1.50 bits per heavy atom. The molecule has 9 nitrogen and oxygen atoms in total. The minimum absolute atomic E-state index is 0.0997. The van der Waals surface area contributed by atoms with Crippen molar-refractivity contribution in [1.29, 1.82) is 0 Å². The number of aryl methyl sites for hydroxylation is 1. The van der Waals surface area contributed by atoms with Gasteiger partial charge in [-0.1, -0.05) is 0 Å². The molecule has 0 atom stereocenters. The summed E-state index contributed by atoms with van der Waals surface area (Å²) in [5.41, 5.74) is 5.96. The summed E-state index contributed by atoms with van der Waals surface area (Å²) >= 11 is 0. The van der Waals surface area contributed by atoms with Crippen molar-refractivity contribution in [2.24, 2.45) is 7.05 Å². The largest absolute Gasteiger partial charge is 0.383 e. The van der Waals surface area contributed by atoms with Gasteiger partial charge in [-0.05, 0) is 6.92 Å². The molecule has 0 fully saturated rings. The van der Waals surface area contributed by atoms with E-state index in [0.717, 1.165) is 0 Å². The highest BCUT2D eigenvalue weighted by molar-refractivity contribution is 7.89. The summed E-state index contributed by atoms with van der Waals surface area (Å²) in [4.78, 5) is 11.3. The second-order valence-corrected chi connectivity index (χ2v) is 5.79. The van der Waals surface area contributed by atoms with Gasteiger partial charge in [0.25, 0.3) is 0 Å². The Bertz CT molecular complexity index is 581. The molecule has 0 aromatic carbocycles. The number of carbonyl (C=O) groups is 1. The molecule has 0 unspecified atom stereocenters. The van der Waals surface area contributed by atoms with Crippen LogP contribution >= 0.6 is 0 Å². The predicted octanol–water partition coefficient (Wildman–Crippen LogP) is -1.65. The van der Waals surface area contributed by atoms with Crippen LogP contribution in [0.5, 0.6) is 0 Å². The number of rotatable bonds is 7. The maximum absolute atomic E-state index is 12.1. The maximum atomic E-state index is 12.1. The first-order valence-electron chi connectivity index (χ1n) is 5.84. The third-order valence-electron chi connectivity index (χ3n) is 2.62. The van der Waals surface area contributed by atoms with Crippen LogP contribution in [-0.4, -0.2) is 50.9 Å². The average molecular weight is 305 g/mol. The number of anilines is 1. The number of sulfonamides is 1. The van der Waals surface area contributed by atoms with Gasteiger partial charge in [-0.15, -0.1) is 0 Å². The molecule has 0 spiro atoms. The maximum Gasteiger partial charge on any atom is 0.246 e. The van der Waals surface area contributed by atoms with Gasteiger partial charge in [0.05, 0.1) is 18.8 Å². The molecule has 10 heteroatoms. The van der Waals surface area contributed by atoms with E-state index < -0.39 is 15.9 Å². The lowest BCUT2D eigenvalue weighted by Gasteiger charge is -2.07. The number of aromatic nitrogens is 2. The van der Waals surface area contributed by atoms with Crippen LogP contribution < -0.4 is 15.8 Å². The molecule has 4 N–H and O–H groups in total. The van der Waals surface area contributed by atoms with E-state index in [2.05, 4.69) is 15.1 Å². The summed E-state index contributed by atoms with van der Waals surface area (Å²) in [6, 6.07) is 0. The molecule has 114 valence electrons. The Labute approximate surface area is 117 Å². The minimum atomic E-state index is -3.88.